The number of carbonyl (C=O) groups is 1. The molecule has 0 aliphatic heterocycles. The first kappa shape index (κ1) is 15.2. The van der Waals surface area contributed by atoms with Crippen LogP contribution in [0, 0.1) is 0 Å². The quantitative estimate of drug-likeness (QED) is 0.650. The SMILES string of the molecule is CC(C)N(CCBr)C(=O)c1cc(Br)cc(Br)c1. The van der Waals surface area contributed by atoms with Crippen LogP contribution in [-0.2, 0) is 0 Å². The predicted molar refractivity (Wildman–Crippen MR) is 81.8 cm³/mol. The van der Waals surface area contributed by atoms with E-state index in [1.54, 1.807) is 0 Å². The zero-order chi connectivity index (χ0) is 13.0. The van der Waals surface area contributed by atoms with Crippen LogP contribution in [0.25, 0.3) is 0 Å². The normalized spacial score (nSPS) is 10.7. The van der Waals surface area contributed by atoms with Gasteiger partial charge in [-0.1, -0.05) is 47.8 Å². The van der Waals surface area contributed by atoms with E-state index in [1.165, 1.54) is 0 Å². The lowest BCUT2D eigenvalue weighted by molar-refractivity contribution is 0.0719. The minimum atomic E-state index is 0.0569. The van der Waals surface area contributed by atoms with E-state index in [4.69, 9.17) is 0 Å². The Bertz CT molecular complexity index is 386. The molecular weight excluding hydrogens is 414 g/mol. The topological polar surface area (TPSA) is 20.3 Å². The zero-order valence-electron chi connectivity index (χ0n) is 9.71. The van der Waals surface area contributed by atoms with Gasteiger partial charge in [0.1, 0.15) is 0 Å². The Labute approximate surface area is 127 Å². The molecule has 1 aromatic carbocycles. The highest BCUT2D eigenvalue weighted by Crippen LogP contribution is 2.21. The molecule has 0 saturated heterocycles. The van der Waals surface area contributed by atoms with Crippen molar-refractivity contribution in [2.75, 3.05) is 11.9 Å². The molecule has 0 aliphatic rings. The lowest BCUT2D eigenvalue weighted by Crippen LogP contribution is -2.38. The van der Waals surface area contributed by atoms with E-state index in [0.717, 1.165) is 14.3 Å². The van der Waals surface area contributed by atoms with Gasteiger partial charge in [-0.25, -0.2) is 0 Å². The largest absolute Gasteiger partial charge is 0.335 e. The minimum Gasteiger partial charge on any atom is -0.335 e. The number of hydrogen-bond donors (Lipinski definition) is 0. The first-order valence-corrected chi connectivity index (χ1v) is 7.99. The second-order valence-corrected chi connectivity index (χ2v) is 6.56. The fourth-order valence-corrected chi connectivity index (χ4v) is 3.20. The molecule has 0 aliphatic carbocycles. The molecule has 0 radical (unpaired) electrons. The maximum Gasteiger partial charge on any atom is 0.254 e. The van der Waals surface area contributed by atoms with Crippen molar-refractivity contribution in [2.24, 2.45) is 0 Å². The number of halogens is 3. The van der Waals surface area contributed by atoms with Gasteiger partial charge in [0.05, 0.1) is 0 Å². The van der Waals surface area contributed by atoms with E-state index >= 15 is 0 Å². The molecule has 0 spiro atoms. The molecule has 1 aromatic rings. The van der Waals surface area contributed by atoms with Crippen LogP contribution in [0.5, 0.6) is 0 Å². The van der Waals surface area contributed by atoms with Gasteiger partial charge in [-0.05, 0) is 32.0 Å². The molecule has 0 unspecified atom stereocenters. The van der Waals surface area contributed by atoms with Crippen LogP contribution < -0.4 is 0 Å². The predicted octanol–water partition coefficient (Wildman–Crippen LogP) is 4.46. The van der Waals surface area contributed by atoms with Crippen LogP contribution in [0.4, 0.5) is 0 Å². The summed E-state index contributed by atoms with van der Waals surface area (Å²) in [4.78, 5) is 14.2. The summed E-state index contributed by atoms with van der Waals surface area (Å²) in [7, 11) is 0. The Balaban J connectivity index is 3.00. The van der Waals surface area contributed by atoms with Gasteiger partial charge >= 0.3 is 0 Å². The fourth-order valence-electron chi connectivity index (χ4n) is 1.53. The summed E-state index contributed by atoms with van der Waals surface area (Å²) in [6.45, 7) is 4.75. The molecule has 0 aromatic heterocycles. The lowest BCUT2D eigenvalue weighted by atomic mass is 10.2. The second kappa shape index (κ2) is 6.90. The number of benzene rings is 1. The highest BCUT2D eigenvalue weighted by molar-refractivity contribution is 9.11. The molecule has 2 nitrogen and oxygen atoms in total. The number of alkyl halides is 1. The molecule has 0 bridgehead atoms. The summed E-state index contributed by atoms with van der Waals surface area (Å²) >= 11 is 10.2. The maximum absolute atomic E-state index is 12.3. The summed E-state index contributed by atoms with van der Waals surface area (Å²) in [5.41, 5.74) is 0.695. The molecule has 5 heteroatoms. The first-order valence-electron chi connectivity index (χ1n) is 5.28. The smallest absolute Gasteiger partial charge is 0.254 e. The third-order valence-electron chi connectivity index (χ3n) is 2.32. The van der Waals surface area contributed by atoms with Gasteiger partial charge in [-0.3, -0.25) is 4.79 Å². The van der Waals surface area contributed by atoms with E-state index in [-0.39, 0.29) is 11.9 Å². The van der Waals surface area contributed by atoms with Gasteiger partial charge in [0.25, 0.3) is 5.91 Å². The van der Waals surface area contributed by atoms with Crippen LogP contribution in [0.2, 0.25) is 0 Å². The maximum atomic E-state index is 12.3. The summed E-state index contributed by atoms with van der Waals surface area (Å²) in [6.07, 6.45) is 0. The number of hydrogen-bond acceptors (Lipinski definition) is 1. The minimum absolute atomic E-state index is 0.0569. The zero-order valence-corrected chi connectivity index (χ0v) is 14.5. The Hall–Kier alpha value is 0.130. The van der Waals surface area contributed by atoms with E-state index in [2.05, 4.69) is 47.8 Å². The van der Waals surface area contributed by atoms with Crippen molar-refractivity contribution < 1.29 is 4.79 Å². The molecule has 0 atom stereocenters. The van der Waals surface area contributed by atoms with E-state index in [9.17, 15) is 4.79 Å². The number of rotatable bonds is 4. The highest BCUT2D eigenvalue weighted by Gasteiger charge is 2.18. The van der Waals surface area contributed by atoms with Gasteiger partial charge in [0, 0.05) is 32.4 Å². The van der Waals surface area contributed by atoms with Crippen molar-refractivity contribution in [3.63, 3.8) is 0 Å². The Morgan fingerprint density at radius 1 is 1.24 bits per heavy atom. The van der Waals surface area contributed by atoms with Crippen LogP contribution in [0.1, 0.15) is 24.2 Å². The van der Waals surface area contributed by atoms with Gasteiger partial charge in [-0.2, -0.15) is 0 Å². The van der Waals surface area contributed by atoms with Gasteiger partial charge in [-0.15, -0.1) is 0 Å². The Morgan fingerprint density at radius 2 is 1.76 bits per heavy atom. The van der Waals surface area contributed by atoms with E-state index in [1.807, 2.05) is 36.9 Å². The van der Waals surface area contributed by atoms with Crippen LogP contribution in [0.3, 0.4) is 0 Å². The molecule has 0 fully saturated rings. The Morgan fingerprint density at radius 3 is 2.18 bits per heavy atom. The van der Waals surface area contributed by atoms with E-state index in [0.29, 0.717) is 12.1 Å². The Kier molecular flexibility index (Phi) is 6.17. The van der Waals surface area contributed by atoms with Crippen molar-refractivity contribution in [3.05, 3.63) is 32.7 Å². The molecule has 0 heterocycles. The summed E-state index contributed by atoms with van der Waals surface area (Å²) in [5.74, 6) is 0.0569. The van der Waals surface area contributed by atoms with Crippen molar-refractivity contribution >= 4 is 53.7 Å². The number of amides is 1. The molecule has 17 heavy (non-hydrogen) atoms. The van der Waals surface area contributed by atoms with Crippen LogP contribution >= 0.6 is 47.8 Å². The van der Waals surface area contributed by atoms with Crippen molar-refractivity contribution in [3.8, 4) is 0 Å². The van der Waals surface area contributed by atoms with Gasteiger partial charge < -0.3 is 4.90 Å². The van der Waals surface area contributed by atoms with Crippen molar-refractivity contribution in [1.82, 2.24) is 4.90 Å². The first-order chi connectivity index (χ1) is 7.95. The molecule has 1 rings (SSSR count). The molecular formula is C12H14Br3NO. The monoisotopic (exact) mass is 425 g/mol. The van der Waals surface area contributed by atoms with Crippen molar-refractivity contribution in [2.45, 2.75) is 19.9 Å². The lowest BCUT2D eigenvalue weighted by Gasteiger charge is -2.26. The van der Waals surface area contributed by atoms with Crippen molar-refractivity contribution in [1.29, 1.82) is 0 Å². The third-order valence-corrected chi connectivity index (χ3v) is 3.59. The van der Waals surface area contributed by atoms with Crippen LogP contribution in [0.15, 0.2) is 27.1 Å². The molecule has 0 N–H and O–H groups in total. The second-order valence-electron chi connectivity index (χ2n) is 3.94. The fraction of sp³-hybridized carbons (Fsp3) is 0.417. The summed E-state index contributed by atoms with van der Waals surface area (Å²) in [6, 6.07) is 5.80. The average molecular weight is 428 g/mol. The molecule has 0 saturated carbocycles. The molecule has 1 amide bonds. The molecule has 94 valence electrons. The summed E-state index contributed by atoms with van der Waals surface area (Å²) < 4.78 is 1.80. The van der Waals surface area contributed by atoms with Gasteiger partial charge in [0.2, 0.25) is 0 Å². The number of nitrogens with zero attached hydrogens (tertiary/aromatic N) is 1. The summed E-state index contributed by atoms with van der Waals surface area (Å²) in [5, 5.41) is 0.784. The van der Waals surface area contributed by atoms with Crippen LogP contribution in [-0.4, -0.2) is 28.7 Å². The van der Waals surface area contributed by atoms with E-state index < -0.39 is 0 Å². The third kappa shape index (κ3) is 4.38. The van der Waals surface area contributed by atoms with Gasteiger partial charge in [0.15, 0.2) is 0 Å². The highest BCUT2D eigenvalue weighted by atomic mass is 79.9. The number of carbonyl (C=O) groups excluding carboxylic acids is 1. The standard InChI is InChI=1S/C12H14Br3NO/c1-8(2)16(4-3-13)12(17)9-5-10(14)7-11(15)6-9/h5-8H,3-4H2,1-2H3. The average Bonchev–Trinajstić information content (AvgIpc) is 2.23.